The van der Waals surface area contributed by atoms with Crippen LogP contribution in [0, 0.1) is 23.7 Å². The number of fused-ring (bicyclic) bond motifs is 5. The molecule has 3 aliphatic rings. The summed E-state index contributed by atoms with van der Waals surface area (Å²) in [5, 5.41) is 3.02. The van der Waals surface area contributed by atoms with Crippen LogP contribution in [0.15, 0.2) is 24.3 Å². The standard InChI is InChI=1S/C18H25NO2/c1-19-11-20-16-7-2-3-8-17(16)21-18-10-12-9-15(18)14-6-4-5-13(12)14/h2-3,7-8,12-15,18-19H,4-6,9-11H2,1H3. The molecule has 0 saturated heterocycles. The van der Waals surface area contributed by atoms with Gasteiger partial charge in [0.2, 0.25) is 0 Å². The summed E-state index contributed by atoms with van der Waals surface area (Å²) in [6.45, 7) is 0.516. The van der Waals surface area contributed by atoms with Crippen molar-refractivity contribution in [3.63, 3.8) is 0 Å². The fraction of sp³-hybridized carbons (Fsp3) is 0.667. The summed E-state index contributed by atoms with van der Waals surface area (Å²) in [5.41, 5.74) is 0. The number of ether oxygens (including phenoxy) is 2. The molecule has 2 bridgehead atoms. The van der Waals surface area contributed by atoms with Crippen molar-refractivity contribution < 1.29 is 9.47 Å². The topological polar surface area (TPSA) is 30.5 Å². The van der Waals surface area contributed by atoms with Crippen LogP contribution in [-0.2, 0) is 0 Å². The summed E-state index contributed by atoms with van der Waals surface area (Å²) in [4.78, 5) is 0. The van der Waals surface area contributed by atoms with E-state index in [2.05, 4.69) is 5.32 Å². The minimum Gasteiger partial charge on any atom is -0.486 e. The van der Waals surface area contributed by atoms with Gasteiger partial charge in [0.1, 0.15) is 12.8 Å². The molecule has 21 heavy (non-hydrogen) atoms. The summed E-state index contributed by atoms with van der Waals surface area (Å²) in [6, 6.07) is 8.08. The van der Waals surface area contributed by atoms with Crippen LogP contribution in [0.3, 0.4) is 0 Å². The molecule has 3 nitrogen and oxygen atoms in total. The Kier molecular flexibility index (Phi) is 3.54. The molecule has 1 aromatic carbocycles. The Balaban J connectivity index is 1.47. The van der Waals surface area contributed by atoms with E-state index in [9.17, 15) is 0 Å². The molecule has 0 heterocycles. The fourth-order valence-corrected chi connectivity index (χ4v) is 5.12. The summed E-state index contributed by atoms with van der Waals surface area (Å²) in [6.07, 6.45) is 7.42. The smallest absolute Gasteiger partial charge is 0.163 e. The summed E-state index contributed by atoms with van der Waals surface area (Å²) in [5.74, 6) is 5.46. The lowest BCUT2D eigenvalue weighted by molar-refractivity contribution is 0.0805. The molecule has 114 valence electrons. The third-order valence-corrected chi connectivity index (χ3v) is 5.87. The van der Waals surface area contributed by atoms with E-state index in [1.165, 1.54) is 32.1 Å². The van der Waals surface area contributed by atoms with Crippen LogP contribution >= 0.6 is 0 Å². The van der Waals surface area contributed by atoms with E-state index in [0.29, 0.717) is 12.8 Å². The lowest BCUT2D eigenvalue weighted by Crippen LogP contribution is -2.32. The predicted molar refractivity (Wildman–Crippen MR) is 82.5 cm³/mol. The molecule has 1 aromatic rings. The van der Waals surface area contributed by atoms with E-state index in [4.69, 9.17) is 9.47 Å². The number of rotatable bonds is 5. The monoisotopic (exact) mass is 287 g/mol. The maximum Gasteiger partial charge on any atom is 0.163 e. The number of para-hydroxylation sites is 2. The molecule has 3 aliphatic carbocycles. The number of hydrogen-bond donors (Lipinski definition) is 1. The Labute approximate surface area is 127 Å². The zero-order valence-electron chi connectivity index (χ0n) is 12.8. The first-order valence-electron chi connectivity index (χ1n) is 8.40. The summed E-state index contributed by atoms with van der Waals surface area (Å²) >= 11 is 0. The highest BCUT2D eigenvalue weighted by atomic mass is 16.5. The minimum absolute atomic E-state index is 0.411. The maximum absolute atomic E-state index is 6.39. The van der Waals surface area contributed by atoms with Crippen molar-refractivity contribution in [1.82, 2.24) is 5.32 Å². The van der Waals surface area contributed by atoms with E-state index in [0.717, 1.165) is 35.2 Å². The average Bonchev–Trinajstić information content (AvgIpc) is 3.18. The van der Waals surface area contributed by atoms with Crippen LogP contribution in [-0.4, -0.2) is 19.9 Å². The van der Waals surface area contributed by atoms with Crippen LogP contribution in [0.5, 0.6) is 11.5 Å². The Morgan fingerprint density at radius 1 is 1.05 bits per heavy atom. The molecule has 5 unspecified atom stereocenters. The Bertz CT molecular complexity index is 504. The van der Waals surface area contributed by atoms with Gasteiger partial charge in [-0.05, 0) is 68.5 Å². The van der Waals surface area contributed by atoms with Crippen molar-refractivity contribution in [2.75, 3.05) is 13.8 Å². The number of benzene rings is 1. The van der Waals surface area contributed by atoms with Gasteiger partial charge in [-0.15, -0.1) is 0 Å². The van der Waals surface area contributed by atoms with E-state index in [1.807, 2.05) is 31.3 Å². The summed E-state index contributed by atoms with van der Waals surface area (Å²) in [7, 11) is 1.89. The molecule has 0 aromatic heterocycles. The lowest BCUT2D eigenvalue weighted by atomic mass is 9.80. The normalized spacial score (nSPS) is 36.7. The van der Waals surface area contributed by atoms with Crippen LogP contribution < -0.4 is 14.8 Å². The van der Waals surface area contributed by atoms with Gasteiger partial charge in [0, 0.05) is 0 Å². The van der Waals surface area contributed by atoms with Gasteiger partial charge < -0.3 is 9.47 Å². The molecular weight excluding hydrogens is 262 g/mol. The molecule has 1 N–H and O–H groups in total. The minimum atomic E-state index is 0.411. The SMILES string of the molecule is CNCOc1ccccc1OC1CC2CC1C1CCCC21. The van der Waals surface area contributed by atoms with Gasteiger partial charge in [-0.25, -0.2) is 0 Å². The van der Waals surface area contributed by atoms with Gasteiger partial charge in [-0.3, -0.25) is 5.32 Å². The third-order valence-electron chi connectivity index (χ3n) is 5.87. The van der Waals surface area contributed by atoms with Gasteiger partial charge in [0.15, 0.2) is 11.5 Å². The van der Waals surface area contributed by atoms with Gasteiger partial charge in [0.05, 0.1) is 0 Å². The summed E-state index contributed by atoms with van der Waals surface area (Å²) < 4.78 is 12.1. The van der Waals surface area contributed by atoms with E-state index in [-0.39, 0.29) is 0 Å². The zero-order chi connectivity index (χ0) is 14.2. The predicted octanol–water partition coefficient (Wildman–Crippen LogP) is 3.45. The quantitative estimate of drug-likeness (QED) is 0.841. The molecule has 0 radical (unpaired) electrons. The molecular formula is C18H25NO2. The molecule has 3 fully saturated rings. The van der Waals surface area contributed by atoms with Crippen molar-refractivity contribution in [3.05, 3.63) is 24.3 Å². The zero-order valence-corrected chi connectivity index (χ0v) is 12.8. The van der Waals surface area contributed by atoms with Crippen molar-refractivity contribution in [2.45, 2.75) is 38.2 Å². The van der Waals surface area contributed by atoms with Gasteiger partial charge in [-0.1, -0.05) is 18.6 Å². The Morgan fingerprint density at radius 2 is 1.86 bits per heavy atom. The number of nitrogens with one attached hydrogen (secondary N) is 1. The largest absolute Gasteiger partial charge is 0.486 e. The van der Waals surface area contributed by atoms with E-state index >= 15 is 0 Å². The first kappa shape index (κ1) is 13.4. The van der Waals surface area contributed by atoms with Crippen molar-refractivity contribution in [2.24, 2.45) is 23.7 Å². The number of hydrogen-bond acceptors (Lipinski definition) is 3. The highest BCUT2D eigenvalue weighted by Gasteiger charge is 2.54. The molecule has 3 heteroatoms. The second kappa shape index (κ2) is 5.53. The molecule has 0 spiro atoms. The van der Waals surface area contributed by atoms with Crippen molar-refractivity contribution in [1.29, 1.82) is 0 Å². The fourth-order valence-electron chi connectivity index (χ4n) is 5.12. The van der Waals surface area contributed by atoms with Gasteiger partial charge in [-0.2, -0.15) is 0 Å². The maximum atomic E-state index is 6.39. The molecule has 4 rings (SSSR count). The molecule has 3 saturated carbocycles. The molecule has 0 aliphatic heterocycles. The first-order chi connectivity index (χ1) is 10.4. The van der Waals surface area contributed by atoms with Crippen molar-refractivity contribution >= 4 is 0 Å². The van der Waals surface area contributed by atoms with Crippen LogP contribution in [0.4, 0.5) is 0 Å². The van der Waals surface area contributed by atoms with Crippen LogP contribution in [0.2, 0.25) is 0 Å². The van der Waals surface area contributed by atoms with Crippen LogP contribution in [0.25, 0.3) is 0 Å². The lowest BCUT2D eigenvalue weighted by Gasteiger charge is -2.32. The highest BCUT2D eigenvalue weighted by molar-refractivity contribution is 5.39. The van der Waals surface area contributed by atoms with Crippen molar-refractivity contribution in [3.8, 4) is 11.5 Å². The van der Waals surface area contributed by atoms with E-state index < -0.39 is 0 Å². The molecule has 5 atom stereocenters. The molecule has 0 amide bonds. The second-order valence-corrected chi connectivity index (χ2v) is 6.90. The first-order valence-corrected chi connectivity index (χ1v) is 8.40. The van der Waals surface area contributed by atoms with E-state index in [1.54, 1.807) is 0 Å². The second-order valence-electron chi connectivity index (χ2n) is 6.90. The Hall–Kier alpha value is -1.22. The third kappa shape index (κ3) is 2.32. The Morgan fingerprint density at radius 3 is 2.71 bits per heavy atom. The highest BCUT2D eigenvalue weighted by Crippen LogP contribution is 2.59. The van der Waals surface area contributed by atoms with Gasteiger partial charge >= 0.3 is 0 Å². The van der Waals surface area contributed by atoms with Gasteiger partial charge in [0.25, 0.3) is 0 Å². The average molecular weight is 287 g/mol. The van der Waals surface area contributed by atoms with Crippen LogP contribution in [0.1, 0.15) is 32.1 Å².